The minimum atomic E-state index is -0.903. The van der Waals surface area contributed by atoms with Gasteiger partial charge < -0.3 is 9.90 Å². The molecule has 0 aliphatic heterocycles. The molecule has 0 heterocycles. The maximum Gasteiger partial charge on any atom is 1.00 e. The van der Waals surface area contributed by atoms with E-state index >= 15 is 0 Å². The van der Waals surface area contributed by atoms with Gasteiger partial charge in [0, 0.05) is 5.97 Å². The Morgan fingerprint density at radius 1 is 0.667 bits per heavy atom. The van der Waals surface area contributed by atoms with Crippen LogP contribution in [0.25, 0.3) is 0 Å². The second-order valence-electron chi connectivity index (χ2n) is 7.15. The number of hydrogen-bond donors (Lipinski definition) is 0. The van der Waals surface area contributed by atoms with Crippen LogP contribution >= 0.6 is 0 Å². The van der Waals surface area contributed by atoms with E-state index in [1.807, 2.05) is 30.3 Å². The summed E-state index contributed by atoms with van der Waals surface area (Å²) in [5.41, 5.74) is 0. The summed E-state index contributed by atoms with van der Waals surface area (Å²) in [7, 11) is 0. The van der Waals surface area contributed by atoms with Crippen LogP contribution in [0.4, 0.5) is 0 Å². The molecular weight excluding hydrogens is 521 g/mol. The van der Waals surface area contributed by atoms with Crippen LogP contribution in [0.1, 0.15) is 110 Å². The third-order valence-corrected chi connectivity index (χ3v) is 4.59. The molecule has 1 aromatic carbocycles. The van der Waals surface area contributed by atoms with Crippen LogP contribution in [0.3, 0.4) is 0 Å². The molecule has 0 amide bonds. The van der Waals surface area contributed by atoms with Crippen LogP contribution in [0, 0.1) is 6.07 Å². The molecule has 0 spiro atoms. The van der Waals surface area contributed by atoms with Crippen LogP contribution in [0.5, 0.6) is 0 Å². The molecule has 0 N–H and O–H groups in total. The fourth-order valence-corrected chi connectivity index (χ4v) is 2.98. The van der Waals surface area contributed by atoms with Crippen molar-refractivity contribution < 1.29 is 37.6 Å². The van der Waals surface area contributed by atoms with Crippen molar-refractivity contribution in [1.29, 1.82) is 0 Å². The van der Waals surface area contributed by atoms with Gasteiger partial charge in [0.15, 0.2) is 0 Å². The van der Waals surface area contributed by atoms with Crippen molar-refractivity contribution in [1.82, 2.24) is 0 Å². The molecule has 0 aliphatic rings. The summed E-state index contributed by atoms with van der Waals surface area (Å²) >= 11 is 0. The van der Waals surface area contributed by atoms with Crippen LogP contribution < -0.4 is 5.11 Å². The Morgan fingerprint density at radius 2 is 1.04 bits per heavy atom. The fourth-order valence-electron chi connectivity index (χ4n) is 2.98. The number of hydrogen-bond acceptors (Lipinski definition) is 2. The summed E-state index contributed by atoms with van der Waals surface area (Å²) < 4.78 is 0. The number of carboxylic acid groups (broad SMARTS) is 1. The Morgan fingerprint density at radius 3 is 1.30 bits per heavy atom. The summed E-state index contributed by atoms with van der Waals surface area (Å²) in [6.07, 6.45) is 19.9. The molecule has 0 saturated heterocycles. The minimum absolute atomic E-state index is 0. The number of unbranched alkanes of at least 4 members (excludes halogenated alkanes) is 14. The van der Waals surface area contributed by atoms with Gasteiger partial charge >= 0.3 is 27.7 Å². The summed E-state index contributed by atoms with van der Waals surface area (Å²) in [5, 5.41) is 10.2. The molecule has 0 unspecified atom stereocenters. The van der Waals surface area contributed by atoms with E-state index in [2.05, 4.69) is 13.0 Å². The second kappa shape index (κ2) is 25.6. The first kappa shape index (κ1) is 28.8. The molecule has 150 valence electrons. The summed E-state index contributed by atoms with van der Waals surface area (Å²) in [5.74, 6) is -0.903. The molecule has 0 bridgehead atoms. The van der Waals surface area contributed by atoms with Crippen molar-refractivity contribution in [2.75, 3.05) is 0 Å². The van der Waals surface area contributed by atoms with Gasteiger partial charge in [0.05, 0.1) is 0 Å². The zero-order valence-electron chi connectivity index (χ0n) is 17.7. The first-order valence-electron chi connectivity index (χ1n) is 10.9. The zero-order chi connectivity index (χ0) is 19.1. The number of carboxylic acids is 1. The first-order valence-corrected chi connectivity index (χ1v) is 10.9. The molecule has 0 aliphatic carbocycles. The molecule has 0 atom stereocenters. The molecule has 3 heteroatoms. The molecule has 1 rings (SSSR count). The standard InChI is InChI=1S/C18H36O2.C6H5.Hg/c1-2-3-4-5-6-7-8-9-10-11-12-13-14-15-16-17-18(19)20;1-2-4-6-5-3-1;/h2-17H2,1H3,(H,19,20);1-5H;/q;;+1/p-1. The van der Waals surface area contributed by atoms with Gasteiger partial charge in [-0.1, -0.05) is 127 Å². The molecule has 1 aromatic rings. The van der Waals surface area contributed by atoms with Crippen molar-refractivity contribution in [3.8, 4) is 0 Å². The summed E-state index contributed by atoms with van der Waals surface area (Å²) in [6.45, 7) is 2.27. The van der Waals surface area contributed by atoms with Crippen LogP contribution in [0.2, 0.25) is 0 Å². The maximum absolute atomic E-state index is 10.2. The van der Waals surface area contributed by atoms with Crippen molar-refractivity contribution in [2.45, 2.75) is 110 Å². The van der Waals surface area contributed by atoms with E-state index in [1.165, 1.54) is 83.5 Å². The molecule has 0 fully saturated rings. The average molecular weight is 561 g/mol. The largest absolute Gasteiger partial charge is 1.00 e. The molecular formula is C24H40HgO2. The SMILES string of the molecule is CCCCCCCCCCCCCCCCCC(=O)[O-].[Hg+].[c]1ccccc1. The molecule has 2 nitrogen and oxygen atoms in total. The predicted octanol–water partition coefficient (Wildman–Crippen LogP) is 6.48. The van der Waals surface area contributed by atoms with Crippen LogP contribution in [-0.2, 0) is 32.5 Å². The van der Waals surface area contributed by atoms with Gasteiger partial charge in [0.2, 0.25) is 0 Å². The van der Waals surface area contributed by atoms with Crippen LogP contribution in [-0.4, -0.2) is 5.97 Å². The summed E-state index contributed by atoms with van der Waals surface area (Å²) in [4.78, 5) is 10.2. The van der Waals surface area contributed by atoms with E-state index < -0.39 is 5.97 Å². The minimum Gasteiger partial charge on any atom is -0.550 e. The molecule has 0 saturated carbocycles. The Hall–Kier alpha value is -0.375. The van der Waals surface area contributed by atoms with Gasteiger partial charge in [-0.2, -0.15) is 0 Å². The molecule has 27 heavy (non-hydrogen) atoms. The van der Waals surface area contributed by atoms with Crippen molar-refractivity contribution in [2.24, 2.45) is 0 Å². The Bertz CT molecular complexity index is 355. The van der Waals surface area contributed by atoms with Gasteiger partial charge in [-0.05, 0) is 18.9 Å². The van der Waals surface area contributed by atoms with Gasteiger partial charge in [-0.3, -0.25) is 0 Å². The monoisotopic (exact) mass is 562 g/mol. The van der Waals surface area contributed by atoms with E-state index in [1.54, 1.807) is 0 Å². The van der Waals surface area contributed by atoms with Gasteiger partial charge in [-0.25, -0.2) is 0 Å². The van der Waals surface area contributed by atoms with Crippen molar-refractivity contribution >= 4 is 5.97 Å². The Labute approximate surface area is 189 Å². The second-order valence-corrected chi connectivity index (χ2v) is 7.15. The van der Waals surface area contributed by atoms with E-state index in [0.29, 0.717) is 0 Å². The van der Waals surface area contributed by atoms with Gasteiger partial charge in [0.1, 0.15) is 0 Å². The Kier molecular flexibility index (Phi) is 27.4. The van der Waals surface area contributed by atoms with Crippen molar-refractivity contribution in [3.63, 3.8) is 0 Å². The number of carbonyl (C=O) groups is 1. The smallest absolute Gasteiger partial charge is 0.550 e. The van der Waals surface area contributed by atoms with E-state index in [-0.39, 0.29) is 34.1 Å². The van der Waals surface area contributed by atoms with Gasteiger partial charge in [0.25, 0.3) is 0 Å². The summed E-state index contributed by atoms with van der Waals surface area (Å²) in [6, 6.07) is 12.5. The first-order chi connectivity index (χ1) is 12.8. The van der Waals surface area contributed by atoms with E-state index in [9.17, 15) is 9.90 Å². The quantitative estimate of drug-likeness (QED) is 0.171. The van der Waals surface area contributed by atoms with Crippen LogP contribution in [0.15, 0.2) is 30.3 Å². The third kappa shape index (κ3) is 27.9. The van der Waals surface area contributed by atoms with E-state index in [0.717, 1.165) is 12.8 Å². The number of benzene rings is 1. The Balaban J connectivity index is 0. The third-order valence-electron chi connectivity index (χ3n) is 4.59. The van der Waals surface area contributed by atoms with Gasteiger partial charge in [-0.15, -0.1) is 0 Å². The topological polar surface area (TPSA) is 40.1 Å². The zero-order valence-corrected chi connectivity index (χ0v) is 23.2. The number of aliphatic carboxylic acids is 1. The van der Waals surface area contributed by atoms with Crippen molar-refractivity contribution in [3.05, 3.63) is 36.4 Å². The fraction of sp³-hybridized carbons (Fsp3) is 0.708. The van der Waals surface area contributed by atoms with E-state index in [4.69, 9.17) is 0 Å². The average Bonchev–Trinajstić information content (AvgIpc) is 2.66. The predicted molar refractivity (Wildman–Crippen MR) is 110 cm³/mol. The number of carbonyl (C=O) groups excluding carboxylic acids is 1. The maximum atomic E-state index is 10.2. The molecule has 0 aromatic heterocycles. The normalized spacial score (nSPS) is 9.81. The number of rotatable bonds is 16. The molecule has 2 radical (unpaired) electrons.